The summed E-state index contributed by atoms with van der Waals surface area (Å²) >= 11 is 6.15. The number of likely N-dealkylation sites (tertiary alicyclic amines) is 1. The minimum absolute atomic E-state index is 0.0939. The van der Waals surface area contributed by atoms with E-state index in [1.54, 1.807) is 7.11 Å². The number of nitrogens with one attached hydrogen (secondary N) is 1. The molecular weight excluding hydrogens is 338 g/mol. The molecule has 0 bridgehead atoms. The number of hydrogen-bond donors (Lipinski definition) is 1. The molecule has 1 aromatic rings. The smallest absolute Gasteiger partial charge is 0.317 e. The molecule has 2 heterocycles. The molecule has 5 nitrogen and oxygen atoms in total. The van der Waals surface area contributed by atoms with Gasteiger partial charge in [0.05, 0.1) is 12.8 Å². The first-order valence-electron chi connectivity index (χ1n) is 9.28. The van der Waals surface area contributed by atoms with E-state index in [1.807, 2.05) is 23.1 Å². The number of piperidine rings is 1. The zero-order valence-electron chi connectivity index (χ0n) is 15.1. The van der Waals surface area contributed by atoms with Crippen LogP contribution in [0.25, 0.3) is 0 Å². The molecule has 2 atom stereocenters. The number of carbonyl (C=O) groups is 1. The lowest BCUT2D eigenvalue weighted by Gasteiger charge is -2.36. The lowest BCUT2D eigenvalue weighted by atomic mass is 10.0. The Bertz CT molecular complexity index is 610. The molecule has 6 heteroatoms. The Labute approximate surface area is 155 Å². The van der Waals surface area contributed by atoms with Crippen LogP contribution >= 0.6 is 11.6 Å². The summed E-state index contributed by atoms with van der Waals surface area (Å²) in [5.41, 5.74) is 0.996. The average molecular weight is 366 g/mol. The molecule has 0 aliphatic carbocycles. The first-order valence-corrected chi connectivity index (χ1v) is 9.65. The van der Waals surface area contributed by atoms with Gasteiger partial charge in [0.15, 0.2) is 0 Å². The lowest BCUT2D eigenvalue weighted by molar-refractivity contribution is 0.146. The predicted octanol–water partition coefficient (Wildman–Crippen LogP) is 3.90. The number of methoxy groups -OCH3 is 1. The monoisotopic (exact) mass is 365 g/mol. The van der Waals surface area contributed by atoms with Crippen molar-refractivity contribution in [3.05, 3.63) is 23.2 Å². The van der Waals surface area contributed by atoms with Gasteiger partial charge in [0.1, 0.15) is 5.75 Å². The van der Waals surface area contributed by atoms with Crippen LogP contribution in [0.5, 0.6) is 5.75 Å². The van der Waals surface area contributed by atoms with Crippen molar-refractivity contribution in [1.82, 2.24) is 10.2 Å². The fraction of sp³-hybridized carbons (Fsp3) is 0.632. The fourth-order valence-corrected chi connectivity index (χ4v) is 4.12. The van der Waals surface area contributed by atoms with Gasteiger partial charge in [-0.1, -0.05) is 18.5 Å². The highest BCUT2D eigenvalue weighted by Gasteiger charge is 2.30. The SMILES string of the molecule is CCC1CCCCN1C(=O)NC1CCN(c2cc(Cl)ccc2OC)C1. The summed E-state index contributed by atoms with van der Waals surface area (Å²) in [6.07, 6.45) is 5.44. The Kier molecular flexibility index (Phi) is 5.94. The first kappa shape index (κ1) is 18.2. The third-order valence-corrected chi connectivity index (χ3v) is 5.59. The van der Waals surface area contributed by atoms with Crippen LogP contribution in [-0.4, -0.2) is 49.8 Å². The number of urea groups is 1. The molecule has 0 saturated carbocycles. The van der Waals surface area contributed by atoms with Gasteiger partial charge < -0.3 is 19.9 Å². The van der Waals surface area contributed by atoms with Crippen LogP contribution in [0.2, 0.25) is 5.02 Å². The number of nitrogens with zero attached hydrogens (tertiary/aromatic N) is 2. The lowest BCUT2D eigenvalue weighted by Crippen LogP contribution is -2.51. The molecule has 1 N–H and O–H groups in total. The summed E-state index contributed by atoms with van der Waals surface area (Å²) in [4.78, 5) is 17.0. The van der Waals surface area contributed by atoms with E-state index >= 15 is 0 Å². The third-order valence-electron chi connectivity index (χ3n) is 5.36. The Hall–Kier alpha value is -1.62. The Morgan fingerprint density at radius 1 is 1.32 bits per heavy atom. The van der Waals surface area contributed by atoms with E-state index in [0.717, 1.165) is 56.8 Å². The second-order valence-corrected chi connectivity index (χ2v) is 7.38. The van der Waals surface area contributed by atoms with Crippen molar-refractivity contribution < 1.29 is 9.53 Å². The molecule has 1 aromatic carbocycles. The highest BCUT2D eigenvalue weighted by atomic mass is 35.5. The number of benzene rings is 1. The molecular formula is C19H28ClN3O2. The first-order chi connectivity index (χ1) is 12.1. The van der Waals surface area contributed by atoms with Crippen LogP contribution in [0, 0.1) is 0 Å². The molecule has 138 valence electrons. The number of halogens is 1. The highest BCUT2D eigenvalue weighted by molar-refractivity contribution is 6.30. The Balaban J connectivity index is 1.61. The molecule has 0 spiro atoms. The Morgan fingerprint density at radius 3 is 2.92 bits per heavy atom. The highest BCUT2D eigenvalue weighted by Crippen LogP contribution is 2.33. The van der Waals surface area contributed by atoms with E-state index in [-0.39, 0.29) is 12.1 Å². The Morgan fingerprint density at radius 2 is 2.16 bits per heavy atom. The molecule has 25 heavy (non-hydrogen) atoms. The molecule has 2 saturated heterocycles. The quantitative estimate of drug-likeness (QED) is 0.880. The second kappa shape index (κ2) is 8.17. The maximum Gasteiger partial charge on any atom is 0.317 e. The van der Waals surface area contributed by atoms with Crippen molar-refractivity contribution >= 4 is 23.3 Å². The van der Waals surface area contributed by atoms with E-state index < -0.39 is 0 Å². The summed E-state index contributed by atoms with van der Waals surface area (Å²) < 4.78 is 5.46. The molecule has 2 fully saturated rings. The largest absolute Gasteiger partial charge is 0.495 e. The van der Waals surface area contributed by atoms with Crippen LogP contribution in [-0.2, 0) is 0 Å². The van der Waals surface area contributed by atoms with Gasteiger partial charge in [-0.2, -0.15) is 0 Å². The summed E-state index contributed by atoms with van der Waals surface area (Å²) in [7, 11) is 1.67. The van der Waals surface area contributed by atoms with Crippen LogP contribution in [0.15, 0.2) is 18.2 Å². The van der Waals surface area contributed by atoms with Crippen LogP contribution in [0.3, 0.4) is 0 Å². The van der Waals surface area contributed by atoms with E-state index in [1.165, 1.54) is 6.42 Å². The van der Waals surface area contributed by atoms with E-state index in [9.17, 15) is 4.79 Å². The number of carbonyl (C=O) groups excluding carboxylic acids is 1. The van der Waals surface area contributed by atoms with Crippen LogP contribution in [0.4, 0.5) is 10.5 Å². The summed E-state index contributed by atoms with van der Waals surface area (Å²) in [6.45, 7) is 4.72. The van der Waals surface area contributed by atoms with Crippen molar-refractivity contribution in [1.29, 1.82) is 0 Å². The summed E-state index contributed by atoms with van der Waals surface area (Å²) in [6, 6.07) is 6.30. The molecule has 2 aliphatic heterocycles. The van der Waals surface area contributed by atoms with Gasteiger partial charge in [-0.05, 0) is 50.3 Å². The topological polar surface area (TPSA) is 44.8 Å². The van der Waals surface area contributed by atoms with Gasteiger partial charge >= 0.3 is 6.03 Å². The van der Waals surface area contributed by atoms with Crippen molar-refractivity contribution in [2.45, 2.75) is 51.1 Å². The zero-order valence-corrected chi connectivity index (χ0v) is 15.9. The third kappa shape index (κ3) is 4.14. The minimum Gasteiger partial charge on any atom is -0.495 e. The van der Waals surface area contributed by atoms with Crippen molar-refractivity contribution in [3.8, 4) is 5.75 Å². The van der Waals surface area contributed by atoms with Crippen molar-refractivity contribution in [2.75, 3.05) is 31.6 Å². The summed E-state index contributed by atoms with van der Waals surface area (Å²) in [5, 5.41) is 3.93. The maximum absolute atomic E-state index is 12.7. The molecule has 2 aliphatic rings. The van der Waals surface area contributed by atoms with Gasteiger partial charge in [0.25, 0.3) is 0 Å². The standard InChI is InChI=1S/C19H28ClN3O2/c1-3-16-6-4-5-10-23(16)19(24)21-15-9-11-22(13-15)17-12-14(20)7-8-18(17)25-2/h7-8,12,15-16H,3-6,9-11,13H2,1-2H3,(H,21,24). The normalized spacial score (nSPS) is 23.6. The molecule has 0 aromatic heterocycles. The van der Waals surface area contributed by atoms with Crippen LogP contribution < -0.4 is 15.0 Å². The van der Waals surface area contributed by atoms with Crippen LogP contribution in [0.1, 0.15) is 39.0 Å². The van der Waals surface area contributed by atoms with E-state index in [0.29, 0.717) is 11.1 Å². The number of anilines is 1. The van der Waals surface area contributed by atoms with Gasteiger partial charge in [-0.25, -0.2) is 4.79 Å². The zero-order chi connectivity index (χ0) is 17.8. The maximum atomic E-state index is 12.7. The molecule has 2 unspecified atom stereocenters. The van der Waals surface area contributed by atoms with E-state index in [2.05, 4.69) is 17.1 Å². The van der Waals surface area contributed by atoms with Gasteiger partial charge in [0.2, 0.25) is 0 Å². The van der Waals surface area contributed by atoms with Gasteiger partial charge in [-0.3, -0.25) is 0 Å². The predicted molar refractivity (Wildman–Crippen MR) is 102 cm³/mol. The molecule has 3 rings (SSSR count). The summed E-state index contributed by atoms with van der Waals surface area (Å²) in [5.74, 6) is 0.818. The van der Waals surface area contributed by atoms with Gasteiger partial charge in [0, 0.05) is 36.7 Å². The second-order valence-electron chi connectivity index (χ2n) is 6.95. The van der Waals surface area contributed by atoms with E-state index in [4.69, 9.17) is 16.3 Å². The molecule has 0 radical (unpaired) electrons. The average Bonchev–Trinajstić information content (AvgIpc) is 3.09. The minimum atomic E-state index is 0.0939. The molecule has 2 amide bonds. The van der Waals surface area contributed by atoms with Crippen molar-refractivity contribution in [2.24, 2.45) is 0 Å². The number of ether oxygens (including phenoxy) is 1. The van der Waals surface area contributed by atoms with Gasteiger partial charge in [-0.15, -0.1) is 0 Å². The number of hydrogen-bond acceptors (Lipinski definition) is 3. The van der Waals surface area contributed by atoms with Crippen molar-refractivity contribution in [3.63, 3.8) is 0 Å². The number of rotatable bonds is 4. The number of amides is 2. The fourth-order valence-electron chi connectivity index (χ4n) is 3.96.